The quantitative estimate of drug-likeness (QED) is 0.209. The third kappa shape index (κ3) is 5.69. The van der Waals surface area contributed by atoms with Crippen LogP contribution < -0.4 is 10.1 Å². The van der Waals surface area contributed by atoms with Gasteiger partial charge in [0, 0.05) is 28.1 Å². The number of carbonyl (C=O) groups is 1. The molecule has 0 spiro atoms. The van der Waals surface area contributed by atoms with E-state index in [2.05, 4.69) is 9.97 Å². The number of methoxy groups -OCH3 is 1. The molecule has 0 radical (unpaired) electrons. The van der Waals surface area contributed by atoms with E-state index in [1.807, 2.05) is 5.32 Å². The van der Waals surface area contributed by atoms with Crippen molar-refractivity contribution in [3.63, 3.8) is 0 Å². The standard InChI is InChI=1S/C31H27F6N3O4/c1-29(2,42)22-23(33)26(16-6-9-19(32)10-7-16)40-27(24(22)34)30(43,31(35,36)37)14-38-28(41)18-12-17-8-11-20(15-4-5-15)39-25(17)21(13-18)44-3/h6-13,15,42-43H,4-5,14H2,1-3H3,(H,38,41). The molecule has 0 saturated heterocycles. The predicted octanol–water partition coefficient (Wildman–Crippen LogP) is 6.01. The van der Waals surface area contributed by atoms with Gasteiger partial charge in [0.2, 0.25) is 5.60 Å². The first-order valence-corrected chi connectivity index (χ1v) is 13.5. The lowest BCUT2D eigenvalue weighted by molar-refractivity contribution is -0.266. The van der Waals surface area contributed by atoms with Gasteiger partial charge in [-0.3, -0.25) is 4.79 Å². The van der Waals surface area contributed by atoms with E-state index in [-0.39, 0.29) is 16.9 Å². The highest BCUT2D eigenvalue weighted by atomic mass is 19.4. The molecule has 1 saturated carbocycles. The van der Waals surface area contributed by atoms with E-state index < -0.39 is 64.2 Å². The number of hydrogen-bond donors (Lipinski definition) is 3. The molecule has 1 fully saturated rings. The zero-order chi connectivity index (χ0) is 32.2. The van der Waals surface area contributed by atoms with Crippen molar-refractivity contribution < 1.29 is 46.1 Å². The van der Waals surface area contributed by atoms with Gasteiger partial charge in [-0.15, -0.1) is 0 Å². The highest BCUT2D eigenvalue weighted by Gasteiger charge is 2.58. The molecule has 1 atom stereocenters. The van der Waals surface area contributed by atoms with Crippen LogP contribution >= 0.6 is 0 Å². The number of pyridine rings is 2. The average Bonchev–Trinajstić information content (AvgIpc) is 3.80. The summed E-state index contributed by atoms with van der Waals surface area (Å²) in [5.74, 6) is -4.80. The summed E-state index contributed by atoms with van der Waals surface area (Å²) in [6.07, 6.45) is -3.67. The Labute approximate surface area is 247 Å². The van der Waals surface area contributed by atoms with Gasteiger partial charge in [0.25, 0.3) is 5.91 Å². The topological polar surface area (TPSA) is 105 Å². The van der Waals surface area contributed by atoms with Gasteiger partial charge >= 0.3 is 6.18 Å². The van der Waals surface area contributed by atoms with Crippen molar-refractivity contribution in [2.24, 2.45) is 0 Å². The van der Waals surface area contributed by atoms with Gasteiger partial charge in [0.05, 0.1) is 24.8 Å². The van der Waals surface area contributed by atoms with Crippen molar-refractivity contribution in [1.82, 2.24) is 15.3 Å². The van der Waals surface area contributed by atoms with Crippen LogP contribution in [0.15, 0.2) is 48.5 Å². The van der Waals surface area contributed by atoms with E-state index in [9.17, 15) is 32.6 Å². The van der Waals surface area contributed by atoms with Crippen LogP contribution in [0.5, 0.6) is 5.75 Å². The van der Waals surface area contributed by atoms with E-state index in [1.165, 1.54) is 19.2 Å². The normalized spacial score (nSPS) is 15.2. The smallest absolute Gasteiger partial charge is 0.424 e. The number of ether oxygens (including phenoxy) is 1. The number of aliphatic hydroxyl groups is 2. The predicted molar refractivity (Wildman–Crippen MR) is 147 cm³/mol. The number of amides is 1. The molecule has 1 aliphatic rings. The lowest BCUT2D eigenvalue weighted by Gasteiger charge is -2.32. The minimum Gasteiger partial charge on any atom is -0.494 e. The van der Waals surface area contributed by atoms with Crippen molar-refractivity contribution in [2.75, 3.05) is 13.7 Å². The number of halogens is 6. The number of fused-ring (bicyclic) bond motifs is 1. The molecule has 2 aromatic heterocycles. The molecule has 1 amide bonds. The second-order valence-electron chi connectivity index (χ2n) is 11.2. The van der Waals surface area contributed by atoms with Gasteiger partial charge in [0.15, 0.2) is 11.6 Å². The maximum Gasteiger partial charge on any atom is 0.424 e. The highest BCUT2D eigenvalue weighted by Crippen LogP contribution is 2.43. The number of nitrogens with one attached hydrogen (secondary N) is 1. The number of benzene rings is 2. The van der Waals surface area contributed by atoms with Crippen LogP contribution in [0, 0.1) is 17.5 Å². The fourth-order valence-corrected chi connectivity index (χ4v) is 4.89. The molecule has 1 aliphatic carbocycles. The van der Waals surface area contributed by atoms with Gasteiger partial charge < -0.3 is 20.3 Å². The molecule has 0 aliphatic heterocycles. The van der Waals surface area contributed by atoms with Crippen molar-refractivity contribution in [3.05, 3.63) is 88.5 Å². The molecule has 3 N–H and O–H groups in total. The van der Waals surface area contributed by atoms with Crippen LogP contribution in [0.3, 0.4) is 0 Å². The Balaban J connectivity index is 1.56. The molecule has 0 bridgehead atoms. The second-order valence-corrected chi connectivity index (χ2v) is 11.2. The average molecular weight is 620 g/mol. The molecule has 1 unspecified atom stereocenters. The SMILES string of the molecule is COc1cc(C(=O)NCC(O)(c2nc(-c3ccc(F)cc3)c(F)c(C(C)(C)O)c2F)C(F)(F)F)cc2ccc(C3CC3)nc12. The Morgan fingerprint density at radius 3 is 2.20 bits per heavy atom. The lowest BCUT2D eigenvalue weighted by atomic mass is 9.89. The van der Waals surface area contributed by atoms with Gasteiger partial charge in [-0.1, -0.05) is 6.07 Å². The summed E-state index contributed by atoms with van der Waals surface area (Å²) in [6.45, 7) is 0.214. The minimum atomic E-state index is -5.66. The Morgan fingerprint density at radius 2 is 1.64 bits per heavy atom. The summed E-state index contributed by atoms with van der Waals surface area (Å²) >= 11 is 0. The lowest BCUT2D eigenvalue weighted by Crippen LogP contribution is -2.52. The zero-order valence-corrected chi connectivity index (χ0v) is 23.7. The van der Waals surface area contributed by atoms with E-state index >= 15 is 8.78 Å². The first-order valence-electron chi connectivity index (χ1n) is 13.5. The molecular formula is C31H27F6N3O4. The summed E-state index contributed by atoms with van der Waals surface area (Å²) in [6, 6.07) is 9.85. The molecule has 7 nitrogen and oxygen atoms in total. The Morgan fingerprint density at radius 1 is 0.977 bits per heavy atom. The van der Waals surface area contributed by atoms with Crippen LogP contribution in [0.25, 0.3) is 22.2 Å². The van der Waals surface area contributed by atoms with Gasteiger partial charge in [-0.25, -0.2) is 23.1 Å². The van der Waals surface area contributed by atoms with E-state index in [0.29, 0.717) is 16.8 Å². The number of rotatable bonds is 8. The van der Waals surface area contributed by atoms with Crippen LogP contribution in [-0.4, -0.2) is 45.9 Å². The fraction of sp³-hybridized carbons (Fsp3) is 0.323. The number of aromatic nitrogens is 2. The molecule has 13 heteroatoms. The zero-order valence-electron chi connectivity index (χ0n) is 23.7. The van der Waals surface area contributed by atoms with Crippen molar-refractivity contribution >= 4 is 16.8 Å². The van der Waals surface area contributed by atoms with Crippen molar-refractivity contribution in [2.45, 2.75) is 50.0 Å². The van der Waals surface area contributed by atoms with Crippen LogP contribution in [0.2, 0.25) is 0 Å². The van der Waals surface area contributed by atoms with E-state index in [1.54, 1.807) is 12.1 Å². The maximum absolute atomic E-state index is 15.7. The molecule has 44 heavy (non-hydrogen) atoms. The molecule has 4 aromatic rings. The summed E-state index contributed by atoms with van der Waals surface area (Å²) < 4.78 is 93.7. The second kappa shape index (κ2) is 11.0. The van der Waals surface area contributed by atoms with Crippen LogP contribution in [0.4, 0.5) is 26.3 Å². The van der Waals surface area contributed by atoms with E-state index in [4.69, 9.17) is 4.74 Å². The van der Waals surface area contributed by atoms with Gasteiger partial charge in [-0.05, 0) is 69.2 Å². The molecule has 232 valence electrons. The molecule has 5 rings (SSSR count). The number of hydrogen-bond acceptors (Lipinski definition) is 6. The van der Waals surface area contributed by atoms with Crippen molar-refractivity contribution in [3.8, 4) is 17.0 Å². The first kappa shape index (κ1) is 31.2. The van der Waals surface area contributed by atoms with Crippen LogP contribution in [0.1, 0.15) is 59.9 Å². The minimum absolute atomic E-state index is 0.142. The number of alkyl halides is 3. The van der Waals surface area contributed by atoms with Crippen LogP contribution in [-0.2, 0) is 11.2 Å². The number of nitrogens with zero attached hydrogens (tertiary/aromatic N) is 2. The molecular weight excluding hydrogens is 592 g/mol. The van der Waals surface area contributed by atoms with Crippen molar-refractivity contribution in [1.29, 1.82) is 0 Å². The third-order valence-corrected chi connectivity index (χ3v) is 7.43. The largest absolute Gasteiger partial charge is 0.494 e. The summed E-state index contributed by atoms with van der Waals surface area (Å²) in [5.41, 5.74) is -9.48. The summed E-state index contributed by atoms with van der Waals surface area (Å²) in [5, 5.41) is 23.9. The Hall–Kier alpha value is -4.23. The summed E-state index contributed by atoms with van der Waals surface area (Å²) in [4.78, 5) is 21.2. The summed E-state index contributed by atoms with van der Waals surface area (Å²) in [7, 11) is 1.34. The Bertz CT molecular complexity index is 1750. The highest BCUT2D eigenvalue weighted by molar-refractivity contribution is 6.00. The Kier molecular flexibility index (Phi) is 7.83. The van der Waals surface area contributed by atoms with Gasteiger partial charge in [-0.2, -0.15) is 13.2 Å². The molecule has 2 heterocycles. The molecule has 2 aromatic carbocycles. The van der Waals surface area contributed by atoms with Gasteiger partial charge in [0.1, 0.15) is 28.5 Å². The third-order valence-electron chi connectivity index (χ3n) is 7.43. The monoisotopic (exact) mass is 619 g/mol. The number of carbonyl (C=O) groups excluding carboxylic acids is 1. The fourth-order valence-electron chi connectivity index (χ4n) is 4.89. The first-order chi connectivity index (χ1) is 20.5. The van der Waals surface area contributed by atoms with E-state index in [0.717, 1.165) is 56.6 Å². The maximum atomic E-state index is 15.7.